The van der Waals surface area contributed by atoms with Crippen LogP contribution in [0, 0.1) is 0 Å². The van der Waals surface area contributed by atoms with E-state index >= 15 is 0 Å². The molecule has 1 amide bonds. The lowest BCUT2D eigenvalue weighted by Crippen LogP contribution is -2.30. The van der Waals surface area contributed by atoms with Crippen LogP contribution in [0.15, 0.2) is 41.3 Å². The molecule has 0 saturated carbocycles. The summed E-state index contributed by atoms with van der Waals surface area (Å²) in [5.41, 5.74) is 0.789. The van der Waals surface area contributed by atoms with E-state index in [-0.39, 0.29) is 26.8 Å². The number of hydrogen-bond donors (Lipinski definition) is 1. The van der Waals surface area contributed by atoms with Gasteiger partial charge in [-0.2, -0.15) is 4.31 Å². The number of benzene rings is 1. The molecule has 2 rings (SSSR count). The van der Waals surface area contributed by atoms with Crippen molar-refractivity contribution in [2.45, 2.75) is 31.7 Å². The van der Waals surface area contributed by atoms with Crippen molar-refractivity contribution < 1.29 is 13.2 Å². The molecule has 0 bridgehead atoms. The molecular formula is C18H21Cl2N3O3S. The summed E-state index contributed by atoms with van der Waals surface area (Å²) in [6, 6.07) is 9.05. The summed E-state index contributed by atoms with van der Waals surface area (Å²) in [5, 5.41) is 3.15. The summed E-state index contributed by atoms with van der Waals surface area (Å²) in [4.78, 5) is 16.5. The Labute approximate surface area is 169 Å². The summed E-state index contributed by atoms with van der Waals surface area (Å²) in [5.74, 6) is -0.463. The zero-order valence-corrected chi connectivity index (χ0v) is 17.6. The molecule has 0 radical (unpaired) electrons. The van der Waals surface area contributed by atoms with Gasteiger partial charge < -0.3 is 5.32 Å². The molecule has 146 valence electrons. The van der Waals surface area contributed by atoms with Crippen LogP contribution in [0.5, 0.6) is 0 Å². The van der Waals surface area contributed by atoms with Gasteiger partial charge in [-0.05, 0) is 36.8 Å². The third-order valence-corrected chi connectivity index (χ3v) is 6.68. The van der Waals surface area contributed by atoms with E-state index < -0.39 is 15.9 Å². The first-order chi connectivity index (χ1) is 12.7. The molecule has 2 aromatic rings. The second-order valence-corrected chi connectivity index (χ2v) is 8.55. The zero-order chi connectivity index (χ0) is 20.2. The highest BCUT2D eigenvalue weighted by Gasteiger charge is 2.22. The SMILES string of the molecule is CCN(CC)S(=O)(=O)c1ccc(C(C)NC(=O)c2nc(Cl)ccc2Cl)cc1. The van der Waals surface area contributed by atoms with Gasteiger partial charge in [0.25, 0.3) is 5.91 Å². The highest BCUT2D eigenvalue weighted by molar-refractivity contribution is 7.89. The number of amides is 1. The first-order valence-corrected chi connectivity index (χ1v) is 10.6. The fourth-order valence-electron chi connectivity index (χ4n) is 2.57. The van der Waals surface area contributed by atoms with Crippen LogP contribution in [-0.2, 0) is 10.0 Å². The predicted octanol–water partition coefficient (Wildman–Crippen LogP) is 3.91. The minimum atomic E-state index is -3.52. The van der Waals surface area contributed by atoms with Gasteiger partial charge in [-0.1, -0.05) is 49.2 Å². The lowest BCUT2D eigenvalue weighted by atomic mass is 10.1. The van der Waals surface area contributed by atoms with E-state index in [0.717, 1.165) is 5.56 Å². The van der Waals surface area contributed by atoms with Crippen LogP contribution in [0.2, 0.25) is 10.2 Å². The summed E-state index contributed by atoms with van der Waals surface area (Å²) >= 11 is 11.8. The number of halogens is 2. The minimum absolute atomic E-state index is 0.0387. The van der Waals surface area contributed by atoms with Crippen LogP contribution in [0.1, 0.15) is 42.9 Å². The summed E-state index contributed by atoms with van der Waals surface area (Å²) in [6.45, 7) is 6.18. The van der Waals surface area contributed by atoms with E-state index in [1.54, 1.807) is 32.9 Å². The lowest BCUT2D eigenvalue weighted by Gasteiger charge is -2.19. The van der Waals surface area contributed by atoms with Crippen molar-refractivity contribution in [1.82, 2.24) is 14.6 Å². The van der Waals surface area contributed by atoms with Crippen LogP contribution in [0.4, 0.5) is 0 Å². The topological polar surface area (TPSA) is 79.4 Å². The van der Waals surface area contributed by atoms with Gasteiger partial charge in [0, 0.05) is 13.1 Å². The van der Waals surface area contributed by atoms with Crippen molar-refractivity contribution in [3.8, 4) is 0 Å². The number of carbonyl (C=O) groups excluding carboxylic acids is 1. The Balaban J connectivity index is 2.17. The third-order valence-electron chi connectivity index (χ3n) is 4.10. The van der Waals surface area contributed by atoms with E-state index in [1.165, 1.54) is 28.6 Å². The van der Waals surface area contributed by atoms with Gasteiger partial charge in [0.2, 0.25) is 10.0 Å². The van der Waals surface area contributed by atoms with Gasteiger partial charge >= 0.3 is 0 Å². The molecule has 0 aliphatic heterocycles. The van der Waals surface area contributed by atoms with Crippen molar-refractivity contribution in [2.24, 2.45) is 0 Å². The summed E-state index contributed by atoms with van der Waals surface area (Å²) < 4.78 is 26.4. The monoisotopic (exact) mass is 429 g/mol. The smallest absolute Gasteiger partial charge is 0.271 e. The number of nitrogens with one attached hydrogen (secondary N) is 1. The maximum absolute atomic E-state index is 12.5. The van der Waals surface area contributed by atoms with Crippen molar-refractivity contribution in [3.05, 3.63) is 57.8 Å². The van der Waals surface area contributed by atoms with Crippen molar-refractivity contribution in [2.75, 3.05) is 13.1 Å². The minimum Gasteiger partial charge on any atom is -0.344 e. The average Bonchev–Trinajstić information content (AvgIpc) is 2.64. The van der Waals surface area contributed by atoms with E-state index in [2.05, 4.69) is 10.3 Å². The Morgan fingerprint density at radius 1 is 1.11 bits per heavy atom. The van der Waals surface area contributed by atoms with Crippen molar-refractivity contribution >= 4 is 39.1 Å². The number of sulfonamides is 1. The standard InChI is InChI=1S/C18H21Cl2N3O3S/c1-4-23(5-2)27(25,26)14-8-6-13(7-9-14)12(3)21-18(24)17-15(19)10-11-16(20)22-17/h6-12H,4-5H2,1-3H3,(H,21,24). The second kappa shape index (κ2) is 9.01. The van der Waals surface area contributed by atoms with Crippen molar-refractivity contribution in [3.63, 3.8) is 0 Å². The molecule has 0 saturated heterocycles. The Morgan fingerprint density at radius 2 is 1.70 bits per heavy atom. The Hall–Kier alpha value is -1.67. The molecule has 0 spiro atoms. The molecule has 0 fully saturated rings. The van der Waals surface area contributed by atoms with Gasteiger partial charge in [-0.25, -0.2) is 13.4 Å². The van der Waals surface area contributed by atoms with Crippen LogP contribution in [0.25, 0.3) is 0 Å². The highest BCUT2D eigenvalue weighted by Crippen LogP contribution is 2.21. The molecule has 1 unspecified atom stereocenters. The molecule has 0 aliphatic carbocycles. The average molecular weight is 430 g/mol. The molecule has 9 heteroatoms. The fourth-order valence-corrected chi connectivity index (χ4v) is 4.36. The van der Waals surface area contributed by atoms with Gasteiger partial charge in [-0.3, -0.25) is 4.79 Å². The summed E-state index contributed by atoms with van der Waals surface area (Å²) in [6.07, 6.45) is 0. The largest absolute Gasteiger partial charge is 0.344 e. The number of carbonyl (C=O) groups is 1. The molecule has 27 heavy (non-hydrogen) atoms. The maximum Gasteiger partial charge on any atom is 0.271 e. The Kier molecular flexibility index (Phi) is 7.22. The normalized spacial score (nSPS) is 12.8. The number of pyridine rings is 1. The van der Waals surface area contributed by atoms with Crippen LogP contribution >= 0.6 is 23.2 Å². The number of hydrogen-bond acceptors (Lipinski definition) is 4. The van der Waals surface area contributed by atoms with Crippen LogP contribution < -0.4 is 5.32 Å². The highest BCUT2D eigenvalue weighted by atomic mass is 35.5. The number of nitrogens with zero attached hydrogens (tertiary/aromatic N) is 2. The van der Waals surface area contributed by atoms with Crippen LogP contribution in [0.3, 0.4) is 0 Å². The molecule has 1 aromatic carbocycles. The van der Waals surface area contributed by atoms with Gasteiger partial charge in [0.1, 0.15) is 10.8 Å². The second-order valence-electron chi connectivity index (χ2n) is 5.82. The predicted molar refractivity (Wildman–Crippen MR) is 107 cm³/mol. The molecule has 6 nitrogen and oxygen atoms in total. The molecule has 1 aromatic heterocycles. The van der Waals surface area contributed by atoms with E-state index in [0.29, 0.717) is 13.1 Å². The quantitative estimate of drug-likeness (QED) is 0.676. The third kappa shape index (κ3) is 4.99. The van der Waals surface area contributed by atoms with Gasteiger partial charge in [-0.15, -0.1) is 0 Å². The van der Waals surface area contributed by atoms with E-state index in [9.17, 15) is 13.2 Å². The van der Waals surface area contributed by atoms with Crippen molar-refractivity contribution in [1.29, 1.82) is 0 Å². The Morgan fingerprint density at radius 3 is 2.26 bits per heavy atom. The maximum atomic E-state index is 12.5. The first kappa shape index (κ1) is 21.6. The fraction of sp³-hybridized carbons (Fsp3) is 0.333. The molecule has 1 N–H and O–H groups in total. The lowest BCUT2D eigenvalue weighted by molar-refractivity contribution is 0.0935. The molecule has 0 aliphatic rings. The van der Waals surface area contributed by atoms with Crippen LogP contribution in [-0.4, -0.2) is 36.7 Å². The Bertz CT molecular complexity index is 914. The molecule has 1 heterocycles. The van der Waals surface area contributed by atoms with Gasteiger partial charge in [0.15, 0.2) is 0 Å². The first-order valence-electron chi connectivity index (χ1n) is 8.43. The number of aromatic nitrogens is 1. The van der Waals surface area contributed by atoms with Gasteiger partial charge in [0.05, 0.1) is 16.0 Å². The molecule has 1 atom stereocenters. The molecular weight excluding hydrogens is 409 g/mol. The number of rotatable bonds is 7. The zero-order valence-electron chi connectivity index (χ0n) is 15.2. The summed E-state index contributed by atoms with van der Waals surface area (Å²) in [7, 11) is -3.52. The van der Waals surface area contributed by atoms with E-state index in [1.807, 2.05) is 0 Å². The van der Waals surface area contributed by atoms with E-state index in [4.69, 9.17) is 23.2 Å².